The highest BCUT2D eigenvalue weighted by Gasteiger charge is 2.34. The first kappa shape index (κ1) is 13.4. The van der Waals surface area contributed by atoms with E-state index in [1.807, 2.05) is 0 Å². The normalized spacial score (nSPS) is 17.8. The molecule has 100 valence electrons. The van der Waals surface area contributed by atoms with Crippen LogP contribution in [0, 0.1) is 5.92 Å². The SMILES string of the molecule is CC(NCCC1CC1)c1ccccc1C(F)(F)F. The van der Waals surface area contributed by atoms with Crippen molar-refractivity contribution < 1.29 is 13.2 Å². The predicted octanol–water partition coefficient (Wildman–Crippen LogP) is 4.16. The van der Waals surface area contributed by atoms with Crippen LogP contribution in [0.25, 0.3) is 0 Å². The van der Waals surface area contributed by atoms with Crippen molar-refractivity contribution in [3.63, 3.8) is 0 Å². The van der Waals surface area contributed by atoms with E-state index in [9.17, 15) is 13.2 Å². The second kappa shape index (κ2) is 5.31. The van der Waals surface area contributed by atoms with Crippen LogP contribution in [0.5, 0.6) is 0 Å². The fraction of sp³-hybridized carbons (Fsp3) is 0.571. The first-order chi connectivity index (χ1) is 8.48. The van der Waals surface area contributed by atoms with Crippen LogP contribution in [-0.2, 0) is 6.18 Å². The van der Waals surface area contributed by atoms with Gasteiger partial charge in [-0.25, -0.2) is 0 Å². The summed E-state index contributed by atoms with van der Waals surface area (Å²) in [6.07, 6.45) is -0.661. The molecule has 0 bridgehead atoms. The van der Waals surface area contributed by atoms with Crippen LogP contribution < -0.4 is 5.32 Å². The summed E-state index contributed by atoms with van der Waals surface area (Å²) < 4.78 is 38.5. The van der Waals surface area contributed by atoms with Gasteiger partial charge in [0.1, 0.15) is 0 Å². The topological polar surface area (TPSA) is 12.0 Å². The highest BCUT2D eigenvalue weighted by atomic mass is 19.4. The van der Waals surface area contributed by atoms with Gasteiger partial charge in [0.2, 0.25) is 0 Å². The Bertz CT molecular complexity index is 396. The van der Waals surface area contributed by atoms with E-state index in [1.54, 1.807) is 19.1 Å². The average molecular weight is 257 g/mol. The van der Waals surface area contributed by atoms with E-state index in [-0.39, 0.29) is 6.04 Å². The minimum atomic E-state index is -4.27. The van der Waals surface area contributed by atoms with E-state index >= 15 is 0 Å². The molecule has 1 aliphatic carbocycles. The maximum absolute atomic E-state index is 12.8. The summed E-state index contributed by atoms with van der Waals surface area (Å²) in [7, 11) is 0. The van der Waals surface area contributed by atoms with Gasteiger partial charge >= 0.3 is 6.18 Å². The Hall–Kier alpha value is -1.03. The quantitative estimate of drug-likeness (QED) is 0.835. The Kier molecular flexibility index (Phi) is 3.95. The molecule has 0 aliphatic heterocycles. The lowest BCUT2D eigenvalue weighted by Gasteiger charge is -2.19. The summed E-state index contributed by atoms with van der Waals surface area (Å²) in [5, 5.41) is 3.18. The number of hydrogen-bond donors (Lipinski definition) is 1. The van der Waals surface area contributed by atoms with Crippen molar-refractivity contribution in [3.8, 4) is 0 Å². The molecule has 0 amide bonds. The van der Waals surface area contributed by atoms with Gasteiger partial charge < -0.3 is 5.32 Å². The summed E-state index contributed by atoms with van der Waals surface area (Å²) in [6, 6.07) is 5.53. The lowest BCUT2D eigenvalue weighted by atomic mass is 10.0. The molecule has 0 heterocycles. The molecule has 0 aromatic heterocycles. The molecule has 1 unspecified atom stereocenters. The molecule has 0 saturated heterocycles. The molecule has 1 fully saturated rings. The summed E-state index contributed by atoms with van der Waals surface area (Å²) in [5.74, 6) is 0.794. The number of rotatable bonds is 5. The molecule has 1 saturated carbocycles. The minimum Gasteiger partial charge on any atom is -0.310 e. The van der Waals surface area contributed by atoms with Gasteiger partial charge in [0.05, 0.1) is 5.56 Å². The van der Waals surface area contributed by atoms with Gasteiger partial charge in [-0.2, -0.15) is 13.2 Å². The van der Waals surface area contributed by atoms with Crippen molar-refractivity contribution in [1.29, 1.82) is 0 Å². The summed E-state index contributed by atoms with van der Waals surface area (Å²) in [4.78, 5) is 0. The van der Waals surface area contributed by atoms with E-state index < -0.39 is 11.7 Å². The Morgan fingerprint density at radius 2 is 1.94 bits per heavy atom. The number of alkyl halides is 3. The number of halogens is 3. The van der Waals surface area contributed by atoms with Gasteiger partial charge in [0.15, 0.2) is 0 Å². The van der Waals surface area contributed by atoms with E-state index in [0.29, 0.717) is 5.56 Å². The lowest BCUT2D eigenvalue weighted by molar-refractivity contribution is -0.138. The van der Waals surface area contributed by atoms with Crippen molar-refractivity contribution in [1.82, 2.24) is 5.32 Å². The second-order valence-electron chi connectivity index (χ2n) is 4.99. The fourth-order valence-corrected chi connectivity index (χ4v) is 2.15. The zero-order chi connectivity index (χ0) is 13.2. The summed E-state index contributed by atoms with van der Waals surface area (Å²) in [6.45, 7) is 2.58. The smallest absolute Gasteiger partial charge is 0.310 e. The molecular weight excluding hydrogens is 239 g/mol. The molecule has 1 aromatic rings. The molecule has 2 rings (SSSR count). The van der Waals surface area contributed by atoms with Crippen LogP contribution in [0.1, 0.15) is 43.4 Å². The maximum atomic E-state index is 12.8. The van der Waals surface area contributed by atoms with Crippen LogP contribution in [0.4, 0.5) is 13.2 Å². The van der Waals surface area contributed by atoms with Crippen molar-refractivity contribution in [3.05, 3.63) is 35.4 Å². The van der Waals surface area contributed by atoms with E-state index in [2.05, 4.69) is 5.32 Å². The molecule has 1 atom stereocenters. The van der Waals surface area contributed by atoms with E-state index in [4.69, 9.17) is 0 Å². The van der Waals surface area contributed by atoms with Gasteiger partial charge in [-0.05, 0) is 37.4 Å². The lowest BCUT2D eigenvalue weighted by Crippen LogP contribution is -2.23. The Morgan fingerprint density at radius 3 is 2.56 bits per heavy atom. The van der Waals surface area contributed by atoms with Gasteiger partial charge in [-0.15, -0.1) is 0 Å². The van der Waals surface area contributed by atoms with Crippen LogP contribution >= 0.6 is 0 Å². The molecular formula is C14H18F3N. The van der Waals surface area contributed by atoms with E-state index in [1.165, 1.54) is 18.9 Å². The molecule has 1 N–H and O–H groups in total. The zero-order valence-corrected chi connectivity index (χ0v) is 10.4. The predicted molar refractivity (Wildman–Crippen MR) is 65.2 cm³/mol. The van der Waals surface area contributed by atoms with Gasteiger partial charge in [0, 0.05) is 6.04 Å². The van der Waals surface area contributed by atoms with Gasteiger partial charge in [-0.1, -0.05) is 31.0 Å². The van der Waals surface area contributed by atoms with Crippen molar-refractivity contribution in [2.75, 3.05) is 6.54 Å². The summed E-state index contributed by atoms with van der Waals surface area (Å²) in [5.41, 5.74) is -0.197. The molecule has 1 aromatic carbocycles. The molecule has 4 heteroatoms. The molecule has 1 aliphatic rings. The van der Waals surface area contributed by atoms with Crippen LogP contribution in [0.2, 0.25) is 0 Å². The third-order valence-corrected chi connectivity index (χ3v) is 3.43. The highest BCUT2D eigenvalue weighted by Crippen LogP contribution is 2.35. The third kappa shape index (κ3) is 3.48. The van der Waals surface area contributed by atoms with Crippen molar-refractivity contribution in [2.45, 2.75) is 38.4 Å². The maximum Gasteiger partial charge on any atom is 0.416 e. The van der Waals surface area contributed by atoms with E-state index in [0.717, 1.165) is 24.9 Å². The highest BCUT2D eigenvalue weighted by molar-refractivity contribution is 5.32. The first-order valence-corrected chi connectivity index (χ1v) is 6.38. The molecule has 1 nitrogen and oxygen atoms in total. The molecule has 18 heavy (non-hydrogen) atoms. The average Bonchev–Trinajstić information content (AvgIpc) is 3.12. The van der Waals surface area contributed by atoms with Crippen molar-refractivity contribution in [2.24, 2.45) is 5.92 Å². The van der Waals surface area contributed by atoms with Gasteiger partial charge in [-0.3, -0.25) is 0 Å². The monoisotopic (exact) mass is 257 g/mol. The first-order valence-electron chi connectivity index (χ1n) is 6.38. The minimum absolute atomic E-state index is 0.262. The van der Waals surface area contributed by atoms with Crippen LogP contribution in [-0.4, -0.2) is 6.54 Å². The summed E-state index contributed by atoms with van der Waals surface area (Å²) >= 11 is 0. The number of benzene rings is 1. The Labute approximate surface area is 105 Å². The Morgan fingerprint density at radius 1 is 1.28 bits per heavy atom. The second-order valence-corrected chi connectivity index (χ2v) is 4.99. The molecule has 0 radical (unpaired) electrons. The van der Waals surface area contributed by atoms with Crippen LogP contribution in [0.3, 0.4) is 0 Å². The Balaban J connectivity index is 2.01. The van der Waals surface area contributed by atoms with Crippen molar-refractivity contribution >= 4 is 0 Å². The number of nitrogens with one attached hydrogen (secondary N) is 1. The number of hydrogen-bond acceptors (Lipinski definition) is 1. The zero-order valence-electron chi connectivity index (χ0n) is 10.4. The standard InChI is InChI=1S/C14H18F3N/c1-10(18-9-8-11-6-7-11)12-4-2-3-5-13(12)14(15,16)17/h2-5,10-11,18H,6-9H2,1H3. The third-order valence-electron chi connectivity index (χ3n) is 3.43. The fourth-order valence-electron chi connectivity index (χ4n) is 2.15. The largest absolute Gasteiger partial charge is 0.416 e. The molecule has 0 spiro atoms. The van der Waals surface area contributed by atoms with Gasteiger partial charge in [0.25, 0.3) is 0 Å². The van der Waals surface area contributed by atoms with Crippen LogP contribution in [0.15, 0.2) is 24.3 Å².